The molecular formula is C23H23Cl2FO4. The third kappa shape index (κ3) is 5.73. The van der Waals surface area contributed by atoms with Crippen molar-refractivity contribution >= 4 is 35.1 Å². The zero-order valence-corrected chi connectivity index (χ0v) is 18.1. The van der Waals surface area contributed by atoms with E-state index in [-0.39, 0.29) is 39.0 Å². The van der Waals surface area contributed by atoms with Crippen LogP contribution in [0.15, 0.2) is 36.4 Å². The van der Waals surface area contributed by atoms with E-state index in [1.165, 1.54) is 30.7 Å². The van der Waals surface area contributed by atoms with E-state index in [1.54, 1.807) is 0 Å². The van der Waals surface area contributed by atoms with Crippen LogP contribution in [0.25, 0.3) is 0 Å². The monoisotopic (exact) mass is 452 g/mol. The van der Waals surface area contributed by atoms with Crippen molar-refractivity contribution in [1.82, 2.24) is 0 Å². The Kier molecular flexibility index (Phi) is 7.73. The molecular weight excluding hydrogens is 430 g/mol. The second kappa shape index (κ2) is 10.3. The maximum Gasteiger partial charge on any atom is 0.343 e. The minimum absolute atomic E-state index is 0.0198. The molecule has 1 saturated carbocycles. The first-order chi connectivity index (χ1) is 14.4. The second-order valence-corrected chi connectivity index (χ2v) is 8.35. The smallest absolute Gasteiger partial charge is 0.343 e. The fraction of sp³-hybridized carbons (Fsp3) is 0.391. The van der Waals surface area contributed by atoms with Crippen molar-refractivity contribution in [3.8, 4) is 11.5 Å². The van der Waals surface area contributed by atoms with Crippen molar-refractivity contribution in [2.75, 3.05) is 0 Å². The molecule has 0 heterocycles. The molecule has 1 fully saturated rings. The lowest BCUT2D eigenvalue weighted by Crippen LogP contribution is -2.25. The van der Waals surface area contributed by atoms with Crippen molar-refractivity contribution in [2.24, 2.45) is 11.8 Å². The number of esters is 2. The van der Waals surface area contributed by atoms with Gasteiger partial charge >= 0.3 is 11.9 Å². The number of hydrogen-bond donors (Lipinski definition) is 0. The van der Waals surface area contributed by atoms with E-state index in [9.17, 15) is 14.0 Å². The standard InChI is InChI=1S/C23H23Cl2FO4/c1-2-3-14-4-6-15(7-5-14)22(27)29-20-10-8-16(12-18(20)24)23(28)30-21-11-9-17(26)13-19(21)25/h8-15H,2-7H2,1H3. The van der Waals surface area contributed by atoms with Crippen molar-refractivity contribution in [1.29, 1.82) is 0 Å². The van der Waals surface area contributed by atoms with Gasteiger partial charge in [-0.3, -0.25) is 4.79 Å². The first kappa shape index (κ1) is 22.6. The molecule has 0 unspecified atom stereocenters. The fourth-order valence-electron chi connectivity index (χ4n) is 3.71. The predicted octanol–water partition coefficient (Wildman–Crippen LogP) is 6.86. The number of hydrogen-bond acceptors (Lipinski definition) is 4. The largest absolute Gasteiger partial charge is 0.425 e. The number of ether oxygens (including phenoxy) is 2. The van der Waals surface area contributed by atoms with Crippen LogP contribution < -0.4 is 9.47 Å². The molecule has 0 N–H and O–H groups in total. The van der Waals surface area contributed by atoms with Crippen molar-refractivity contribution in [3.63, 3.8) is 0 Å². The van der Waals surface area contributed by atoms with Crippen molar-refractivity contribution in [2.45, 2.75) is 45.4 Å². The predicted molar refractivity (Wildman–Crippen MR) is 114 cm³/mol. The van der Waals surface area contributed by atoms with Crippen LogP contribution in [0.4, 0.5) is 4.39 Å². The summed E-state index contributed by atoms with van der Waals surface area (Å²) in [6.45, 7) is 2.18. The van der Waals surface area contributed by atoms with Gasteiger partial charge in [0.1, 0.15) is 17.3 Å². The molecule has 4 nitrogen and oxygen atoms in total. The summed E-state index contributed by atoms with van der Waals surface area (Å²) in [4.78, 5) is 24.8. The fourth-order valence-corrected chi connectivity index (χ4v) is 4.14. The van der Waals surface area contributed by atoms with Crippen LogP contribution in [0, 0.1) is 17.7 Å². The van der Waals surface area contributed by atoms with Gasteiger partial charge in [-0.15, -0.1) is 0 Å². The van der Waals surface area contributed by atoms with Crippen LogP contribution in [0.2, 0.25) is 10.0 Å². The van der Waals surface area contributed by atoms with E-state index in [2.05, 4.69) is 6.92 Å². The average molecular weight is 453 g/mol. The zero-order valence-electron chi connectivity index (χ0n) is 16.6. The molecule has 3 rings (SSSR count). The number of halogens is 3. The normalized spacial score (nSPS) is 18.7. The van der Waals surface area contributed by atoms with Gasteiger partial charge in [-0.05, 0) is 68.0 Å². The van der Waals surface area contributed by atoms with Crippen LogP contribution in [0.5, 0.6) is 11.5 Å². The summed E-state index contributed by atoms with van der Waals surface area (Å²) in [5, 5.41) is 0.108. The molecule has 0 aliphatic heterocycles. The lowest BCUT2D eigenvalue weighted by molar-refractivity contribution is -0.140. The maximum atomic E-state index is 13.1. The Morgan fingerprint density at radius 3 is 2.23 bits per heavy atom. The third-order valence-corrected chi connectivity index (χ3v) is 5.94. The summed E-state index contributed by atoms with van der Waals surface area (Å²) in [5.41, 5.74) is 0.153. The van der Waals surface area contributed by atoms with E-state index < -0.39 is 11.8 Å². The molecule has 1 aliphatic rings. The van der Waals surface area contributed by atoms with E-state index in [0.29, 0.717) is 5.92 Å². The number of benzene rings is 2. The number of rotatable bonds is 6. The molecule has 0 saturated heterocycles. The summed E-state index contributed by atoms with van der Waals surface area (Å²) >= 11 is 12.1. The Bertz CT molecular complexity index is 923. The molecule has 0 spiro atoms. The van der Waals surface area contributed by atoms with E-state index in [1.807, 2.05) is 0 Å². The summed E-state index contributed by atoms with van der Waals surface area (Å²) < 4.78 is 23.8. The highest BCUT2D eigenvalue weighted by molar-refractivity contribution is 6.33. The Morgan fingerprint density at radius 2 is 1.60 bits per heavy atom. The first-order valence-corrected chi connectivity index (χ1v) is 10.8. The Hall–Kier alpha value is -2.11. The number of carbonyl (C=O) groups excluding carboxylic acids is 2. The van der Waals surface area contributed by atoms with Gasteiger partial charge in [-0.1, -0.05) is 43.0 Å². The minimum Gasteiger partial charge on any atom is -0.425 e. The van der Waals surface area contributed by atoms with Gasteiger partial charge in [0.2, 0.25) is 0 Å². The van der Waals surface area contributed by atoms with Crippen LogP contribution in [0.3, 0.4) is 0 Å². The maximum absolute atomic E-state index is 13.1. The topological polar surface area (TPSA) is 52.6 Å². The highest BCUT2D eigenvalue weighted by Crippen LogP contribution is 2.34. The van der Waals surface area contributed by atoms with Gasteiger partial charge in [-0.2, -0.15) is 0 Å². The van der Waals surface area contributed by atoms with Crippen LogP contribution in [0.1, 0.15) is 55.8 Å². The van der Waals surface area contributed by atoms with Gasteiger partial charge in [0, 0.05) is 0 Å². The lowest BCUT2D eigenvalue weighted by atomic mass is 9.80. The van der Waals surface area contributed by atoms with Gasteiger partial charge in [0.25, 0.3) is 0 Å². The van der Waals surface area contributed by atoms with Crippen LogP contribution in [-0.2, 0) is 4.79 Å². The molecule has 2 aromatic carbocycles. The highest BCUT2D eigenvalue weighted by atomic mass is 35.5. The molecule has 0 amide bonds. The molecule has 30 heavy (non-hydrogen) atoms. The summed E-state index contributed by atoms with van der Waals surface area (Å²) in [7, 11) is 0. The zero-order chi connectivity index (χ0) is 21.7. The Morgan fingerprint density at radius 1 is 0.967 bits per heavy atom. The summed E-state index contributed by atoms with van der Waals surface area (Å²) in [6, 6.07) is 7.73. The second-order valence-electron chi connectivity index (χ2n) is 7.54. The summed E-state index contributed by atoms with van der Waals surface area (Å²) in [6.07, 6.45) is 6.09. The van der Waals surface area contributed by atoms with Gasteiger partial charge < -0.3 is 9.47 Å². The van der Waals surface area contributed by atoms with Gasteiger partial charge in [0.05, 0.1) is 21.5 Å². The number of carbonyl (C=O) groups is 2. The summed E-state index contributed by atoms with van der Waals surface area (Å²) in [5.74, 6) is -0.727. The van der Waals surface area contributed by atoms with E-state index in [4.69, 9.17) is 32.7 Å². The molecule has 0 radical (unpaired) electrons. The van der Waals surface area contributed by atoms with Crippen molar-refractivity contribution in [3.05, 3.63) is 57.8 Å². The lowest BCUT2D eigenvalue weighted by Gasteiger charge is -2.26. The molecule has 160 valence electrons. The molecule has 0 aromatic heterocycles. The van der Waals surface area contributed by atoms with Gasteiger partial charge in [-0.25, -0.2) is 9.18 Å². The average Bonchev–Trinajstić information content (AvgIpc) is 2.72. The SMILES string of the molecule is CCCC1CCC(C(=O)Oc2ccc(C(=O)Oc3ccc(F)cc3Cl)cc2Cl)CC1. The molecule has 0 atom stereocenters. The van der Waals surface area contributed by atoms with Crippen molar-refractivity contribution < 1.29 is 23.5 Å². The molecule has 7 heteroatoms. The first-order valence-electron chi connectivity index (χ1n) is 10.1. The van der Waals surface area contributed by atoms with Crippen LogP contribution >= 0.6 is 23.2 Å². The molecule has 0 bridgehead atoms. The molecule has 1 aliphatic carbocycles. The van der Waals surface area contributed by atoms with Gasteiger partial charge in [0.15, 0.2) is 0 Å². The van der Waals surface area contributed by atoms with Crippen LogP contribution in [-0.4, -0.2) is 11.9 Å². The van der Waals surface area contributed by atoms with E-state index in [0.717, 1.165) is 44.2 Å². The van der Waals surface area contributed by atoms with E-state index >= 15 is 0 Å². The minimum atomic E-state index is -0.711. The highest BCUT2D eigenvalue weighted by Gasteiger charge is 2.28. The Labute approximate surface area is 185 Å². The Balaban J connectivity index is 1.61. The molecule has 2 aromatic rings. The quantitative estimate of drug-likeness (QED) is 0.354. The third-order valence-electron chi connectivity index (χ3n) is 5.35.